The van der Waals surface area contributed by atoms with Gasteiger partial charge in [-0.1, -0.05) is 42.3 Å². The minimum absolute atomic E-state index is 0.0280. The standard InChI is InChI=1S/C36H37N7O6S/c1-36(2)21-43(35(48)49-20-24-6-9-26(10-7-24)50(3)34(47)29(40-22-44)18-31(45)42-50)30-17-25(8-11-28(30)36)41-33(46)27-5-4-14-38-32(27)39-19-23-12-15-37-16-13-23/h4-17,22,29H,18-21H2,1-3H3,(H,38,39)(H,40,44)(H,41,46)(H,42,45)/t29-/m1/s1. The van der Waals surface area contributed by atoms with Crippen molar-refractivity contribution in [3.05, 3.63) is 108 Å². The number of aromatic nitrogens is 2. The number of ether oxygens (including phenoxy) is 1. The second-order valence-corrected chi connectivity index (χ2v) is 15.7. The summed E-state index contributed by atoms with van der Waals surface area (Å²) in [7, 11) is -2.39. The average molecular weight is 696 g/mol. The third kappa shape index (κ3) is 7.01. The molecule has 2 aromatic carbocycles. The summed E-state index contributed by atoms with van der Waals surface area (Å²) in [5.41, 5.74) is 3.77. The molecule has 4 aromatic rings. The van der Waals surface area contributed by atoms with Gasteiger partial charge in [-0.25, -0.2) is 9.78 Å². The van der Waals surface area contributed by atoms with E-state index in [4.69, 9.17) is 4.74 Å². The van der Waals surface area contributed by atoms with E-state index in [1.54, 1.807) is 72.2 Å². The van der Waals surface area contributed by atoms with Gasteiger partial charge in [-0.2, -0.15) is 0 Å². The van der Waals surface area contributed by atoms with E-state index < -0.39 is 22.3 Å². The summed E-state index contributed by atoms with van der Waals surface area (Å²) in [5.74, 6) is -0.232. The number of benzene rings is 2. The maximum atomic E-state index is 13.5. The molecule has 2 aliphatic rings. The fourth-order valence-corrected chi connectivity index (χ4v) is 8.48. The number of anilines is 3. The van der Waals surface area contributed by atoms with Gasteiger partial charge in [0.25, 0.3) is 5.91 Å². The Hall–Kier alpha value is -5.76. The quantitative estimate of drug-likeness (QED) is 0.173. The third-order valence-corrected chi connectivity index (χ3v) is 11.7. The minimum Gasteiger partial charge on any atom is -0.444 e. The predicted octanol–water partition coefficient (Wildman–Crippen LogP) is 4.64. The van der Waals surface area contributed by atoms with E-state index in [1.807, 2.05) is 38.1 Å². The highest BCUT2D eigenvalue weighted by atomic mass is 32.3. The number of amides is 4. The monoisotopic (exact) mass is 695 g/mol. The van der Waals surface area contributed by atoms with E-state index in [0.717, 1.165) is 11.1 Å². The third-order valence-electron chi connectivity index (χ3n) is 8.73. The number of nitrogens with zero attached hydrogens (tertiary/aromatic N) is 3. The number of rotatable bonds is 10. The van der Waals surface area contributed by atoms with Crippen LogP contribution >= 0.6 is 10.2 Å². The van der Waals surface area contributed by atoms with E-state index in [2.05, 4.69) is 30.6 Å². The fourth-order valence-electron chi connectivity index (χ4n) is 6.09. The summed E-state index contributed by atoms with van der Waals surface area (Å²) < 4.78 is 8.55. The van der Waals surface area contributed by atoms with Gasteiger partial charge in [-0.05, 0) is 71.5 Å². The van der Waals surface area contributed by atoms with Crippen LogP contribution in [0.5, 0.6) is 0 Å². The molecule has 14 heteroatoms. The van der Waals surface area contributed by atoms with E-state index in [1.165, 1.54) is 0 Å². The average Bonchev–Trinajstić information content (AvgIpc) is 3.38. The molecule has 0 radical (unpaired) electrons. The first-order chi connectivity index (χ1) is 24.0. The van der Waals surface area contributed by atoms with Gasteiger partial charge in [0, 0.05) is 47.7 Å². The summed E-state index contributed by atoms with van der Waals surface area (Å²) in [6.07, 6.45) is 6.48. The topological polar surface area (TPSA) is 172 Å². The highest BCUT2D eigenvalue weighted by Gasteiger charge is 2.42. The van der Waals surface area contributed by atoms with Crippen LogP contribution in [0.1, 0.15) is 47.3 Å². The molecular formula is C36H37N7O6S. The lowest BCUT2D eigenvalue weighted by molar-refractivity contribution is -0.125. The Kier molecular flexibility index (Phi) is 9.55. The fraction of sp³-hybridized carbons (Fsp3) is 0.250. The van der Waals surface area contributed by atoms with Crippen molar-refractivity contribution in [3.8, 4) is 0 Å². The number of pyridine rings is 2. The van der Waals surface area contributed by atoms with Crippen LogP contribution in [0, 0.1) is 0 Å². The number of hydrogen-bond acceptors (Lipinski definition) is 9. The van der Waals surface area contributed by atoms with Gasteiger partial charge in [0.15, 0.2) is 0 Å². The second kappa shape index (κ2) is 14.0. The molecule has 6 rings (SSSR count). The first-order valence-corrected chi connectivity index (χ1v) is 17.9. The predicted molar refractivity (Wildman–Crippen MR) is 190 cm³/mol. The van der Waals surface area contributed by atoms with Crippen LogP contribution in [0.2, 0.25) is 0 Å². The van der Waals surface area contributed by atoms with Gasteiger partial charge in [-0.15, -0.1) is 0 Å². The molecule has 0 aliphatic carbocycles. The molecule has 0 saturated carbocycles. The summed E-state index contributed by atoms with van der Waals surface area (Å²) in [4.78, 5) is 73.9. The van der Waals surface area contributed by atoms with Crippen LogP contribution in [-0.2, 0) is 37.7 Å². The molecule has 258 valence electrons. The molecule has 13 nitrogen and oxygen atoms in total. The molecule has 4 amide bonds. The summed E-state index contributed by atoms with van der Waals surface area (Å²) in [6, 6.07) is 18.7. The first-order valence-electron chi connectivity index (χ1n) is 15.9. The van der Waals surface area contributed by atoms with Crippen molar-refractivity contribution < 1.29 is 28.7 Å². The molecule has 2 aromatic heterocycles. The van der Waals surface area contributed by atoms with Crippen LogP contribution in [0.25, 0.3) is 0 Å². The van der Waals surface area contributed by atoms with Crippen molar-refractivity contribution >= 4 is 56.8 Å². The smallest absolute Gasteiger partial charge is 0.414 e. The molecule has 50 heavy (non-hydrogen) atoms. The zero-order valence-corrected chi connectivity index (χ0v) is 28.6. The Morgan fingerprint density at radius 1 is 1.04 bits per heavy atom. The second-order valence-electron chi connectivity index (χ2n) is 12.8. The molecule has 1 unspecified atom stereocenters. The highest BCUT2D eigenvalue weighted by molar-refractivity contribution is 8.43. The molecule has 1 saturated heterocycles. The molecule has 4 N–H and O–H groups in total. The normalized spacial score (nSPS) is 20.5. The molecule has 0 bridgehead atoms. The van der Waals surface area contributed by atoms with Crippen molar-refractivity contribution in [3.63, 3.8) is 0 Å². The molecular weight excluding hydrogens is 659 g/mol. The largest absolute Gasteiger partial charge is 0.444 e. The van der Waals surface area contributed by atoms with Crippen molar-refractivity contribution in [2.75, 3.05) is 28.3 Å². The van der Waals surface area contributed by atoms with Crippen molar-refractivity contribution in [1.82, 2.24) is 20.0 Å². The van der Waals surface area contributed by atoms with Crippen LogP contribution in [0.4, 0.5) is 22.0 Å². The van der Waals surface area contributed by atoms with Gasteiger partial charge in [0.05, 0.1) is 17.7 Å². The number of hydrogen-bond donors (Lipinski definition) is 4. The van der Waals surface area contributed by atoms with Crippen LogP contribution in [0.3, 0.4) is 0 Å². The summed E-state index contributed by atoms with van der Waals surface area (Å²) >= 11 is 0. The van der Waals surface area contributed by atoms with E-state index >= 15 is 0 Å². The van der Waals surface area contributed by atoms with Crippen molar-refractivity contribution in [1.29, 1.82) is 0 Å². The van der Waals surface area contributed by atoms with Crippen molar-refractivity contribution in [2.45, 2.75) is 49.8 Å². The molecule has 0 spiro atoms. The van der Waals surface area contributed by atoms with Crippen LogP contribution in [0.15, 0.2) is 90.2 Å². The van der Waals surface area contributed by atoms with Gasteiger partial charge in [0.2, 0.25) is 17.4 Å². The van der Waals surface area contributed by atoms with Crippen LogP contribution < -0.4 is 25.6 Å². The van der Waals surface area contributed by atoms with E-state index in [-0.39, 0.29) is 35.4 Å². The lowest BCUT2D eigenvalue weighted by Crippen LogP contribution is -2.50. The van der Waals surface area contributed by atoms with E-state index in [9.17, 15) is 24.0 Å². The van der Waals surface area contributed by atoms with Crippen LogP contribution in [-0.4, -0.2) is 58.2 Å². The summed E-state index contributed by atoms with van der Waals surface area (Å²) in [6.45, 7) is 4.89. The molecule has 2 aliphatic heterocycles. The van der Waals surface area contributed by atoms with Crippen molar-refractivity contribution in [2.24, 2.45) is 0 Å². The Morgan fingerprint density at radius 3 is 2.54 bits per heavy atom. The van der Waals surface area contributed by atoms with Gasteiger partial charge in [-0.3, -0.25) is 29.1 Å². The molecule has 1 fully saturated rings. The number of fused-ring (bicyclic) bond motifs is 1. The van der Waals surface area contributed by atoms with E-state index in [0.29, 0.717) is 52.7 Å². The van der Waals surface area contributed by atoms with Gasteiger partial charge in [0.1, 0.15) is 18.5 Å². The number of carbonyl (C=O) groups excluding carboxylic acids is 5. The lowest BCUT2D eigenvalue weighted by atomic mass is 9.87. The number of nitrogens with one attached hydrogen (secondary N) is 4. The summed E-state index contributed by atoms with van der Waals surface area (Å²) in [5, 5.41) is 8.36. The SMILES string of the molecule is CC1(C)CN(C(=O)OCc2ccc(S3(C)NC(=O)C[C@@H](NC=O)C3=O)cc2)c2cc(NC(=O)c3cccnc3NCc3ccncc3)ccc21. The van der Waals surface area contributed by atoms with Gasteiger partial charge < -0.3 is 25.4 Å². The first kappa shape index (κ1) is 34.1. The zero-order chi connectivity index (χ0) is 35.5. The molecule has 2 atom stereocenters. The Bertz CT molecular complexity index is 1960. The Labute approximate surface area is 290 Å². The lowest BCUT2D eigenvalue weighted by Gasteiger charge is -2.41. The Morgan fingerprint density at radius 2 is 1.80 bits per heavy atom. The zero-order valence-electron chi connectivity index (χ0n) is 27.8. The Balaban J connectivity index is 1.13. The maximum absolute atomic E-state index is 13.5. The minimum atomic E-state index is -2.39. The highest BCUT2D eigenvalue weighted by Crippen LogP contribution is 2.52. The number of carbonyl (C=O) groups is 5. The maximum Gasteiger partial charge on any atom is 0.414 e. The molecule has 4 heterocycles. The van der Waals surface area contributed by atoms with Gasteiger partial charge >= 0.3 is 6.09 Å².